The topological polar surface area (TPSA) is 39.2 Å². The molecule has 1 atom stereocenters. The molecule has 0 saturated carbocycles. The first-order chi connectivity index (χ1) is 7.31. The Bertz CT molecular complexity index is 345. The fourth-order valence-electron chi connectivity index (χ4n) is 1.57. The van der Waals surface area contributed by atoms with Gasteiger partial charge in [-0.15, -0.1) is 11.3 Å². The van der Waals surface area contributed by atoms with Crippen molar-refractivity contribution in [2.75, 3.05) is 12.9 Å². The lowest BCUT2D eigenvalue weighted by Crippen LogP contribution is -2.04. The molecule has 1 aromatic rings. The number of hydrogen-bond acceptors (Lipinski definition) is 5. The van der Waals surface area contributed by atoms with Crippen LogP contribution in [0, 0.1) is 0 Å². The van der Waals surface area contributed by atoms with E-state index >= 15 is 0 Å². The van der Waals surface area contributed by atoms with E-state index in [1.54, 1.807) is 16.7 Å². The van der Waals surface area contributed by atoms with Gasteiger partial charge in [0.15, 0.2) is 5.69 Å². The first-order valence-electron chi connectivity index (χ1n) is 4.96. The van der Waals surface area contributed by atoms with Crippen LogP contribution in [0.5, 0.6) is 0 Å². The Balaban J connectivity index is 2.08. The summed E-state index contributed by atoms with van der Waals surface area (Å²) in [7, 11) is 1.39. The Morgan fingerprint density at radius 3 is 3.13 bits per heavy atom. The van der Waals surface area contributed by atoms with Gasteiger partial charge in [-0.2, -0.15) is 11.8 Å². The molecule has 0 radical (unpaired) electrons. The highest BCUT2D eigenvalue weighted by Gasteiger charge is 2.20. The van der Waals surface area contributed by atoms with E-state index in [4.69, 9.17) is 0 Å². The average molecular weight is 243 g/mol. The number of ether oxygens (including phenoxy) is 1. The third-order valence-electron chi connectivity index (χ3n) is 2.37. The Kier molecular flexibility index (Phi) is 3.64. The van der Waals surface area contributed by atoms with Crippen molar-refractivity contribution in [2.24, 2.45) is 0 Å². The van der Waals surface area contributed by atoms with Crippen LogP contribution in [-0.2, 0) is 4.74 Å². The lowest BCUT2D eigenvalue weighted by molar-refractivity contribution is 0.0594. The predicted molar refractivity (Wildman–Crippen MR) is 62.5 cm³/mol. The number of nitrogens with zero attached hydrogens (tertiary/aromatic N) is 1. The summed E-state index contributed by atoms with van der Waals surface area (Å²) in [5.41, 5.74) is 0.448. The van der Waals surface area contributed by atoms with Crippen LogP contribution in [0.1, 0.15) is 40.0 Å². The van der Waals surface area contributed by atoms with Crippen molar-refractivity contribution in [1.29, 1.82) is 0 Å². The Morgan fingerprint density at radius 1 is 1.60 bits per heavy atom. The molecule has 2 rings (SSSR count). The zero-order valence-electron chi connectivity index (χ0n) is 8.56. The second-order valence-corrected chi connectivity index (χ2v) is 5.62. The third-order valence-corrected chi connectivity index (χ3v) is 4.86. The molecule has 0 bridgehead atoms. The highest BCUT2D eigenvalue weighted by atomic mass is 32.2. The number of thiazole rings is 1. The molecule has 0 aromatic carbocycles. The molecule has 1 aromatic heterocycles. The van der Waals surface area contributed by atoms with Crippen LogP contribution < -0.4 is 0 Å². The van der Waals surface area contributed by atoms with Crippen LogP contribution >= 0.6 is 23.1 Å². The summed E-state index contributed by atoms with van der Waals surface area (Å²) in [6.45, 7) is 0. The SMILES string of the molecule is COC(=O)c1csc(C2CCCCS2)n1. The second-order valence-electron chi connectivity index (χ2n) is 3.42. The van der Waals surface area contributed by atoms with E-state index in [1.165, 1.54) is 32.1 Å². The first kappa shape index (κ1) is 11.0. The summed E-state index contributed by atoms with van der Waals surface area (Å²) < 4.78 is 4.64. The van der Waals surface area contributed by atoms with Crippen molar-refractivity contribution in [2.45, 2.75) is 24.5 Å². The molecule has 3 nitrogen and oxygen atoms in total. The minimum absolute atomic E-state index is 0.335. The number of rotatable bonds is 2. The highest BCUT2D eigenvalue weighted by Crippen LogP contribution is 2.39. The zero-order valence-corrected chi connectivity index (χ0v) is 10.2. The molecule has 0 N–H and O–H groups in total. The fraction of sp³-hybridized carbons (Fsp3) is 0.600. The van der Waals surface area contributed by atoms with Crippen molar-refractivity contribution in [3.8, 4) is 0 Å². The van der Waals surface area contributed by atoms with E-state index in [1.807, 2.05) is 11.8 Å². The number of thioether (sulfide) groups is 1. The Morgan fingerprint density at radius 2 is 2.47 bits per heavy atom. The molecule has 1 unspecified atom stereocenters. The summed E-state index contributed by atoms with van der Waals surface area (Å²) in [5.74, 6) is 0.871. The van der Waals surface area contributed by atoms with Gasteiger partial charge in [-0.05, 0) is 18.6 Å². The van der Waals surface area contributed by atoms with E-state index in [0.717, 1.165) is 5.01 Å². The smallest absolute Gasteiger partial charge is 0.357 e. The summed E-state index contributed by atoms with van der Waals surface area (Å²) >= 11 is 3.51. The largest absolute Gasteiger partial charge is 0.464 e. The van der Waals surface area contributed by atoms with Crippen molar-refractivity contribution in [1.82, 2.24) is 4.98 Å². The van der Waals surface area contributed by atoms with Crippen LogP contribution in [0.25, 0.3) is 0 Å². The molecule has 0 spiro atoms. The molecule has 1 fully saturated rings. The molecule has 1 aliphatic heterocycles. The standard InChI is InChI=1S/C10H13NO2S2/c1-13-10(12)7-6-15-9(11-7)8-4-2-3-5-14-8/h6,8H,2-5H2,1H3. The number of carbonyl (C=O) groups is 1. The van der Waals surface area contributed by atoms with Crippen LogP contribution in [0.3, 0.4) is 0 Å². The minimum Gasteiger partial charge on any atom is -0.464 e. The van der Waals surface area contributed by atoms with Crippen LogP contribution in [0.15, 0.2) is 5.38 Å². The maximum atomic E-state index is 11.2. The van der Waals surface area contributed by atoms with Gasteiger partial charge in [-0.25, -0.2) is 9.78 Å². The van der Waals surface area contributed by atoms with Gasteiger partial charge in [0.2, 0.25) is 0 Å². The number of carbonyl (C=O) groups excluding carboxylic acids is 1. The van der Waals surface area contributed by atoms with E-state index in [-0.39, 0.29) is 5.97 Å². The summed E-state index contributed by atoms with van der Waals surface area (Å²) in [4.78, 5) is 15.6. The van der Waals surface area contributed by atoms with Gasteiger partial charge in [-0.1, -0.05) is 6.42 Å². The van der Waals surface area contributed by atoms with Crippen molar-refractivity contribution >= 4 is 29.1 Å². The summed E-state index contributed by atoms with van der Waals surface area (Å²) in [6, 6.07) is 0. The first-order valence-corrected chi connectivity index (χ1v) is 6.89. The van der Waals surface area contributed by atoms with Crippen molar-refractivity contribution < 1.29 is 9.53 Å². The number of aromatic nitrogens is 1. The normalized spacial score (nSPS) is 21.3. The fourth-order valence-corrected chi connectivity index (χ4v) is 3.93. The van der Waals surface area contributed by atoms with Gasteiger partial charge in [0.05, 0.1) is 12.4 Å². The highest BCUT2D eigenvalue weighted by molar-refractivity contribution is 7.99. The molecule has 1 aliphatic rings. The molecule has 1 saturated heterocycles. The number of esters is 1. The van der Waals surface area contributed by atoms with Gasteiger partial charge >= 0.3 is 5.97 Å². The molecular weight excluding hydrogens is 230 g/mol. The van der Waals surface area contributed by atoms with Gasteiger partial charge in [0, 0.05) is 5.38 Å². The van der Waals surface area contributed by atoms with Crippen LogP contribution in [-0.4, -0.2) is 23.8 Å². The molecule has 2 heterocycles. The number of methoxy groups -OCH3 is 1. The van der Waals surface area contributed by atoms with Gasteiger partial charge in [0.25, 0.3) is 0 Å². The van der Waals surface area contributed by atoms with Gasteiger partial charge in [-0.3, -0.25) is 0 Å². The monoisotopic (exact) mass is 243 g/mol. The molecule has 82 valence electrons. The average Bonchev–Trinajstić information content (AvgIpc) is 2.78. The van der Waals surface area contributed by atoms with Crippen LogP contribution in [0.4, 0.5) is 0 Å². The number of hydrogen-bond donors (Lipinski definition) is 0. The predicted octanol–water partition coefficient (Wildman–Crippen LogP) is 2.89. The lowest BCUT2D eigenvalue weighted by Gasteiger charge is -2.18. The molecule has 15 heavy (non-hydrogen) atoms. The Labute approximate surface area is 97.2 Å². The Hall–Kier alpha value is -0.550. The van der Waals surface area contributed by atoms with E-state index in [0.29, 0.717) is 10.9 Å². The van der Waals surface area contributed by atoms with Gasteiger partial charge < -0.3 is 4.74 Å². The van der Waals surface area contributed by atoms with Crippen LogP contribution in [0.2, 0.25) is 0 Å². The minimum atomic E-state index is -0.335. The lowest BCUT2D eigenvalue weighted by atomic mass is 10.2. The van der Waals surface area contributed by atoms with E-state index < -0.39 is 0 Å². The van der Waals surface area contributed by atoms with Crippen molar-refractivity contribution in [3.05, 3.63) is 16.1 Å². The maximum absolute atomic E-state index is 11.2. The molecular formula is C10H13NO2S2. The molecule has 5 heteroatoms. The van der Waals surface area contributed by atoms with Crippen molar-refractivity contribution in [3.63, 3.8) is 0 Å². The third kappa shape index (κ3) is 2.52. The van der Waals surface area contributed by atoms with E-state index in [2.05, 4.69) is 9.72 Å². The molecule has 0 aliphatic carbocycles. The molecule has 0 amide bonds. The second kappa shape index (κ2) is 4.99. The summed E-state index contributed by atoms with van der Waals surface area (Å²) in [5, 5.41) is 3.35. The maximum Gasteiger partial charge on any atom is 0.357 e. The zero-order chi connectivity index (χ0) is 10.7. The van der Waals surface area contributed by atoms with Gasteiger partial charge in [0.1, 0.15) is 5.01 Å². The van der Waals surface area contributed by atoms with E-state index in [9.17, 15) is 4.79 Å². The quantitative estimate of drug-likeness (QED) is 0.749. The summed E-state index contributed by atoms with van der Waals surface area (Å²) in [6.07, 6.45) is 3.75.